The first-order chi connectivity index (χ1) is 8.29. The van der Waals surface area contributed by atoms with Crippen molar-refractivity contribution in [1.82, 2.24) is 0 Å². The van der Waals surface area contributed by atoms with E-state index < -0.39 is 0 Å². The molecule has 2 rings (SSSR count). The van der Waals surface area contributed by atoms with Gasteiger partial charge in [-0.3, -0.25) is 0 Å². The highest BCUT2D eigenvalue weighted by Crippen LogP contribution is 2.16. The van der Waals surface area contributed by atoms with Crippen molar-refractivity contribution in [2.75, 3.05) is 13.1 Å². The van der Waals surface area contributed by atoms with E-state index in [2.05, 4.69) is 48.2 Å². The summed E-state index contributed by atoms with van der Waals surface area (Å²) in [5.41, 5.74) is 3.49. The van der Waals surface area contributed by atoms with Gasteiger partial charge in [-0.15, -0.1) is 0 Å². The van der Waals surface area contributed by atoms with E-state index in [4.69, 9.17) is 4.84 Å². The molecule has 0 spiro atoms. The van der Waals surface area contributed by atoms with Gasteiger partial charge >= 0.3 is 0 Å². The second-order valence-corrected chi connectivity index (χ2v) is 4.38. The molecule has 0 aliphatic carbocycles. The Bertz CT molecular complexity index is 409. The van der Waals surface area contributed by atoms with Crippen molar-refractivity contribution in [3.05, 3.63) is 48.0 Å². The Hall–Kier alpha value is -1.61. The molecule has 0 saturated carbocycles. The minimum Gasteiger partial charge on any atom is -0.386 e. The fraction of sp³-hybridized carbons (Fsp3) is 0.357. The molecule has 1 aliphatic heterocycles. The number of quaternary nitrogens is 1. The maximum absolute atomic E-state index is 5.42. The third-order valence-corrected chi connectivity index (χ3v) is 2.88. The molecule has 0 unspecified atom stereocenters. The first-order valence-corrected chi connectivity index (χ1v) is 6.02. The average molecular weight is 231 g/mol. The lowest BCUT2D eigenvalue weighted by Crippen LogP contribution is -2.86. The Balaban J connectivity index is 1.88. The van der Waals surface area contributed by atoms with E-state index in [0.29, 0.717) is 0 Å². The zero-order valence-electron chi connectivity index (χ0n) is 10.2. The molecule has 1 aromatic rings. The highest BCUT2D eigenvalue weighted by Gasteiger charge is 2.23. The van der Waals surface area contributed by atoms with Crippen LogP contribution in [0.3, 0.4) is 0 Å². The monoisotopic (exact) mass is 231 g/mol. The Morgan fingerprint density at radius 2 is 2.24 bits per heavy atom. The van der Waals surface area contributed by atoms with E-state index in [9.17, 15) is 0 Å². The molecule has 0 radical (unpaired) electrons. The lowest BCUT2D eigenvalue weighted by Gasteiger charge is -2.05. The second kappa shape index (κ2) is 5.64. The van der Waals surface area contributed by atoms with E-state index >= 15 is 0 Å². The maximum Gasteiger partial charge on any atom is 0.181 e. The molecule has 1 aliphatic rings. The number of nitrogens with two attached hydrogens (primary N) is 1. The fourth-order valence-electron chi connectivity index (χ4n) is 1.87. The topological polar surface area (TPSA) is 38.2 Å². The molecule has 0 saturated heterocycles. The van der Waals surface area contributed by atoms with Gasteiger partial charge in [0, 0.05) is 6.42 Å². The van der Waals surface area contributed by atoms with Crippen LogP contribution in [0.5, 0.6) is 0 Å². The van der Waals surface area contributed by atoms with Gasteiger partial charge in [0.25, 0.3) is 0 Å². The van der Waals surface area contributed by atoms with Crippen LogP contribution in [0.4, 0.5) is 0 Å². The van der Waals surface area contributed by atoms with Gasteiger partial charge in [0.05, 0.1) is 12.3 Å². The first kappa shape index (κ1) is 11.9. The zero-order valence-corrected chi connectivity index (χ0v) is 10.2. The minimum absolute atomic E-state index is 0.200. The summed E-state index contributed by atoms with van der Waals surface area (Å²) >= 11 is 0. The van der Waals surface area contributed by atoms with Crippen LogP contribution in [0, 0.1) is 6.92 Å². The third kappa shape index (κ3) is 3.17. The van der Waals surface area contributed by atoms with Gasteiger partial charge in [-0.2, -0.15) is 0 Å². The summed E-state index contributed by atoms with van der Waals surface area (Å²) in [6.45, 7) is 7.65. The number of oxime groups is 1. The molecule has 1 atom stereocenters. The zero-order chi connectivity index (χ0) is 12.1. The highest BCUT2D eigenvalue weighted by molar-refractivity contribution is 6.01. The van der Waals surface area contributed by atoms with E-state index in [1.807, 2.05) is 6.08 Å². The van der Waals surface area contributed by atoms with Crippen LogP contribution >= 0.6 is 0 Å². The van der Waals surface area contributed by atoms with Gasteiger partial charge in [-0.05, 0) is 18.6 Å². The van der Waals surface area contributed by atoms with Crippen LogP contribution in [-0.4, -0.2) is 24.9 Å². The Labute approximate surface area is 102 Å². The van der Waals surface area contributed by atoms with Gasteiger partial charge in [0.2, 0.25) is 0 Å². The normalized spacial score (nSPS) is 18.6. The van der Waals surface area contributed by atoms with Crippen LogP contribution in [0.2, 0.25) is 0 Å². The van der Waals surface area contributed by atoms with Crippen LogP contribution in [0.1, 0.15) is 17.5 Å². The van der Waals surface area contributed by atoms with Crippen LogP contribution in [0.25, 0.3) is 0 Å². The summed E-state index contributed by atoms with van der Waals surface area (Å²) in [5, 5.41) is 6.35. The smallest absolute Gasteiger partial charge is 0.181 e. The largest absolute Gasteiger partial charge is 0.386 e. The maximum atomic E-state index is 5.42. The Morgan fingerprint density at radius 1 is 1.47 bits per heavy atom. The predicted molar refractivity (Wildman–Crippen MR) is 69.1 cm³/mol. The molecule has 90 valence electrons. The van der Waals surface area contributed by atoms with Gasteiger partial charge in [-0.1, -0.05) is 41.6 Å². The molecule has 3 nitrogen and oxygen atoms in total. The molecular weight excluding hydrogens is 212 g/mol. The average Bonchev–Trinajstić information content (AvgIpc) is 2.79. The molecule has 0 amide bonds. The number of aryl methyl sites for hydroxylation is 1. The summed E-state index contributed by atoms with van der Waals surface area (Å²) in [6, 6.07) is 8.42. The summed E-state index contributed by atoms with van der Waals surface area (Å²) in [6.07, 6.45) is 3.00. The van der Waals surface area contributed by atoms with Crippen molar-refractivity contribution in [2.45, 2.75) is 19.4 Å². The van der Waals surface area contributed by atoms with Gasteiger partial charge in [0.1, 0.15) is 6.54 Å². The van der Waals surface area contributed by atoms with E-state index in [-0.39, 0.29) is 6.10 Å². The standard InChI is InChI=1S/C14H18N2O/c1-3-8-15-10-13-9-14(16-17-13)12-6-4-11(2)5-7-12/h3-7,13,15H,1,8-10H2,2H3/p+1/t13-/m0/s1. The lowest BCUT2D eigenvalue weighted by molar-refractivity contribution is -0.652. The van der Waals surface area contributed by atoms with Gasteiger partial charge < -0.3 is 10.2 Å². The quantitative estimate of drug-likeness (QED) is 0.601. The second-order valence-electron chi connectivity index (χ2n) is 4.38. The molecule has 17 heavy (non-hydrogen) atoms. The van der Waals surface area contributed by atoms with E-state index in [0.717, 1.165) is 25.2 Å². The van der Waals surface area contributed by atoms with Gasteiger partial charge in [-0.25, -0.2) is 0 Å². The summed E-state index contributed by atoms with van der Waals surface area (Å²) < 4.78 is 0. The highest BCUT2D eigenvalue weighted by atomic mass is 16.6. The lowest BCUT2D eigenvalue weighted by atomic mass is 10.0. The molecule has 1 heterocycles. The Morgan fingerprint density at radius 3 is 2.94 bits per heavy atom. The molecule has 0 fully saturated rings. The molecule has 0 aromatic heterocycles. The minimum atomic E-state index is 0.200. The van der Waals surface area contributed by atoms with Crippen LogP contribution < -0.4 is 5.32 Å². The summed E-state index contributed by atoms with van der Waals surface area (Å²) in [4.78, 5) is 5.42. The molecule has 3 heteroatoms. The van der Waals surface area contributed by atoms with E-state index in [1.165, 1.54) is 11.1 Å². The Kier molecular flexibility index (Phi) is 3.94. The van der Waals surface area contributed by atoms with Crippen molar-refractivity contribution in [3.63, 3.8) is 0 Å². The van der Waals surface area contributed by atoms with Crippen molar-refractivity contribution in [3.8, 4) is 0 Å². The SMILES string of the molecule is C=CC[NH2+]C[C@@H]1CC(c2ccc(C)cc2)=NO1. The van der Waals surface area contributed by atoms with Crippen molar-refractivity contribution < 1.29 is 10.2 Å². The number of nitrogens with zero attached hydrogens (tertiary/aromatic N) is 1. The van der Waals surface area contributed by atoms with Crippen molar-refractivity contribution in [1.29, 1.82) is 0 Å². The van der Waals surface area contributed by atoms with Crippen LogP contribution in [-0.2, 0) is 4.84 Å². The number of benzene rings is 1. The predicted octanol–water partition coefficient (Wildman–Crippen LogP) is 1.24. The number of hydrogen-bond donors (Lipinski definition) is 1. The summed E-state index contributed by atoms with van der Waals surface area (Å²) in [7, 11) is 0. The van der Waals surface area contributed by atoms with Crippen LogP contribution in [0.15, 0.2) is 42.1 Å². The van der Waals surface area contributed by atoms with Crippen molar-refractivity contribution >= 4 is 5.71 Å². The molecule has 0 bridgehead atoms. The molecule has 1 aromatic carbocycles. The van der Waals surface area contributed by atoms with Crippen molar-refractivity contribution in [2.24, 2.45) is 5.16 Å². The number of rotatable bonds is 5. The molecule has 2 N–H and O–H groups in total. The van der Waals surface area contributed by atoms with E-state index in [1.54, 1.807) is 0 Å². The fourth-order valence-corrected chi connectivity index (χ4v) is 1.87. The molecular formula is C14H19N2O+. The van der Waals surface area contributed by atoms with Gasteiger partial charge in [0.15, 0.2) is 6.10 Å². The third-order valence-electron chi connectivity index (χ3n) is 2.88. The first-order valence-electron chi connectivity index (χ1n) is 6.02. The number of hydrogen-bond acceptors (Lipinski definition) is 2. The summed E-state index contributed by atoms with van der Waals surface area (Å²) in [5.74, 6) is 0.